The average molecular weight is 758 g/mol. The Hall–Kier alpha value is -5.30. The second-order valence-corrected chi connectivity index (χ2v) is 15.7. The third-order valence-corrected chi connectivity index (χ3v) is 9.97. The number of amides is 5. The zero-order valence-electron chi connectivity index (χ0n) is 33.4. The molecule has 2 aliphatic rings. The lowest BCUT2D eigenvalue weighted by Crippen LogP contribution is -2.48. The Balaban J connectivity index is 1.35. The highest BCUT2D eigenvalue weighted by atomic mass is 16.6. The van der Waals surface area contributed by atoms with E-state index in [1.54, 1.807) is 57.2 Å². The average Bonchev–Trinajstić information content (AvgIpc) is 3.94. The molecule has 5 rings (SSSR count). The van der Waals surface area contributed by atoms with Gasteiger partial charge in [-0.15, -0.1) is 0 Å². The lowest BCUT2D eigenvalue weighted by Gasteiger charge is -2.30. The van der Waals surface area contributed by atoms with E-state index in [0.717, 1.165) is 29.5 Å². The molecule has 3 aromatic carbocycles. The zero-order valence-corrected chi connectivity index (χ0v) is 33.4. The lowest BCUT2D eigenvalue weighted by atomic mass is 10.00. The molecule has 1 saturated carbocycles. The van der Waals surface area contributed by atoms with Gasteiger partial charge < -0.3 is 39.8 Å². The molecule has 1 aliphatic carbocycles. The number of carbonyl (C=O) groups is 4. The van der Waals surface area contributed by atoms with Gasteiger partial charge in [-0.2, -0.15) is 0 Å². The van der Waals surface area contributed by atoms with Crippen molar-refractivity contribution in [2.45, 2.75) is 97.0 Å². The SMILES string of the molecule is COc1cc(CN2C(=O)N([C@H](CN[C@@H](CC(=O)OC(C)(C)C)c3ccc(OC)c(OC)c3)CC3CC3)C(=O)C2(C)C)ccc1NC(=O)Nc1ccccc1C. The van der Waals surface area contributed by atoms with Crippen molar-refractivity contribution in [2.75, 3.05) is 38.5 Å². The Kier molecular flexibility index (Phi) is 12.6. The van der Waals surface area contributed by atoms with Gasteiger partial charge in [-0.25, -0.2) is 9.59 Å². The van der Waals surface area contributed by atoms with Crippen LogP contribution >= 0.6 is 0 Å². The van der Waals surface area contributed by atoms with Gasteiger partial charge in [0.15, 0.2) is 11.5 Å². The van der Waals surface area contributed by atoms with Crippen LogP contribution in [-0.4, -0.2) is 78.8 Å². The molecule has 1 saturated heterocycles. The number of ether oxygens (including phenoxy) is 4. The number of carbonyl (C=O) groups excluding carboxylic acids is 4. The van der Waals surface area contributed by atoms with Gasteiger partial charge in [0.1, 0.15) is 16.9 Å². The first-order valence-corrected chi connectivity index (χ1v) is 18.7. The molecule has 13 nitrogen and oxygen atoms in total. The van der Waals surface area contributed by atoms with Gasteiger partial charge in [0, 0.05) is 24.8 Å². The highest BCUT2D eigenvalue weighted by Gasteiger charge is 2.53. The number of urea groups is 2. The van der Waals surface area contributed by atoms with Crippen LogP contribution in [0.2, 0.25) is 0 Å². The Bertz CT molecular complexity index is 1890. The molecule has 0 spiro atoms. The first-order valence-electron chi connectivity index (χ1n) is 18.7. The van der Waals surface area contributed by atoms with Gasteiger partial charge in [0.25, 0.3) is 5.91 Å². The third-order valence-electron chi connectivity index (χ3n) is 9.97. The molecule has 0 aromatic heterocycles. The number of aryl methyl sites for hydroxylation is 1. The number of methoxy groups -OCH3 is 3. The molecule has 0 radical (unpaired) electrons. The van der Waals surface area contributed by atoms with Gasteiger partial charge in [0.05, 0.1) is 39.5 Å². The summed E-state index contributed by atoms with van der Waals surface area (Å²) in [5, 5.41) is 9.21. The number of hydrogen-bond acceptors (Lipinski definition) is 9. The quantitative estimate of drug-likeness (QED) is 0.100. The molecular formula is C42H55N5O8. The Morgan fingerprint density at radius 2 is 1.55 bits per heavy atom. The summed E-state index contributed by atoms with van der Waals surface area (Å²) in [6, 6.07) is 16.4. The highest BCUT2D eigenvalue weighted by molar-refractivity contribution is 6.07. The highest BCUT2D eigenvalue weighted by Crippen LogP contribution is 2.39. The van der Waals surface area contributed by atoms with Crippen LogP contribution in [0.15, 0.2) is 60.7 Å². The van der Waals surface area contributed by atoms with Crippen LogP contribution in [0.25, 0.3) is 0 Å². The van der Waals surface area contributed by atoms with E-state index < -0.39 is 35.3 Å². The number of benzene rings is 3. The van der Waals surface area contributed by atoms with E-state index in [0.29, 0.717) is 41.0 Å². The lowest BCUT2D eigenvalue weighted by molar-refractivity contribution is -0.155. The summed E-state index contributed by atoms with van der Waals surface area (Å²) in [6.07, 6.45) is 2.71. The standard InChI is InChI=1S/C42H55N5O8/c1-26-12-10-11-13-31(26)44-39(50)45-32-18-16-28(21-35(32)53-8)25-46-40(51)47(38(49)42(46,5)6)30(20-27-14-15-27)24-43-33(23-37(48)55-41(2,3)4)29-17-19-34(52-7)36(22-29)54-9/h10-13,16-19,21-22,27,30,33,43H,14-15,20,23-25H2,1-9H3,(H2,44,45,50)/t30-,33-/m0/s1. The van der Waals surface area contributed by atoms with Crippen molar-refractivity contribution in [3.05, 3.63) is 77.4 Å². The molecule has 1 aliphatic heterocycles. The van der Waals surface area contributed by atoms with Crippen LogP contribution in [0.5, 0.6) is 17.2 Å². The van der Waals surface area contributed by atoms with Crippen molar-refractivity contribution >= 4 is 35.3 Å². The predicted molar refractivity (Wildman–Crippen MR) is 211 cm³/mol. The molecule has 3 aromatic rings. The van der Waals surface area contributed by atoms with Crippen molar-refractivity contribution in [3.8, 4) is 17.2 Å². The van der Waals surface area contributed by atoms with Crippen LogP contribution in [0.3, 0.4) is 0 Å². The molecule has 0 bridgehead atoms. The molecule has 0 unspecified atom stereocenters. The van der Waals surface area contributed by atoms with Gasteiger partial charge in [-0.05, 0) is 101 Å². The van der Waals surface area contributed by atoms with Crippen molar-refractivity contribution in [2.24, 2.45) is 5.92 Å². The fourth-order valence-corrected chi connectivity index (χ4v) is 6.79. The number of rotatable bonds is 16. The first kappa shape index (κ1) is 40.9. The molecule has 296 valence electrons. The summed E-state index contributed by atoms with van der Waals surface area (Å²) in [4.78, 5) is 57.5. The van der Waals surface area contributed by atoms with Crippen molar-refractivity contribution < 1.29 is 38.1 Å². The second kappa shape index (κ2) is 17.0. The maximum absolute atomic E-state index is 14.4. The second-order valence-electron chi connectivity index (χ2n) is 15.7. The van der Waals surface area contributed by atoms with E-state index in [1.807, 2.05) is 64.1 Å². The number of hydrogen-bond donors (Lipinski definition) is 3. The van der Waals surface area contributed by atoms with Gasteiger partial charge in [0.2, 0.25) is 0 Å². The van der Waals surface area contributed by atoms with Crippen molar-refractivity contribution in [1.29, 1.82) is 0 Å². The molecule has 2 fully saturated rings. The number of esters is 1. The molecule has 3 N–H and O–H groups in total. The fourth-order valence-electron chi connectivity index (χ4n) is 6.79. The number of para-hydroxylation sites is 1. The van der Waals surface area contributed by atoms with E-state index >= 15 is 0 Å². The zero-order chi connectivity index (χ0) is 40.1. The molecular weight excluding hydrogens is 702 g/mol. The van der Waals surface area contributed by atoms with E-state index in [9.17, 15) is 19.2 Å². The van der Waals surface area contributed by atoms with Gasteiger partial charge in [-0.3, -0.25) is 14.5 Å². The monoisotopic (exact) mass is 757 g/mol. The minimum absolute atomic E-state index is 0.0165. The fraction of sp³-hybridized carbons (Fsp3) is 0.476. The number of anilines is 2. The van der Waals surface area contributed by atoms with Crippen LogP contribution in [0.1, 0.15) is 83.0 Å². The van der Waals surface area contributed by atoms with Gasteiger partial charge in [-0.1, -0.05) is 43.2 Å². The minimum Gasteiger partial charge on any atom is -0.495 e. The maximum Gasteiger partial charge on any atom is 0.328 e. The Morgan fingerprint density at radius 3 is 2.18 bits per heavy atom. The number of nitrogens with zero attached hydrogens (tertiary/aromatic N) is 2. The molecule has 5 amide bonds. The van der Waals surface area contributed by atoms with Gasteiger partial charge >= 0.3 is 18.0 Å². The summed E-state index contributed by atoms with van der Waals surface area (Å²) in [5.41, 5.74) is 1.75. The minimum atomic E-state index is -1.14. The Morgan fingerprint density at radius 1 is 0.873 bits per heavy atom. The number of imide groups is 1. The predicted octanol–water partition coefficient (Wildman–Crippen LogP) is 7.44. The van der Waals surface area contributed by atoms with Crippen LogP contribution < -0.4 is 30.2 Å². The van der Waals surface area contributed by atoms with Crippen LogP contribution in [-0.2, 0) is 20.9 Å². The van der Waals surface area contributed by atoms with Crippen LogP contribution in [0.4, 0.5) is 21.0 Å². The van der Waals surface area contributed by atoms with Crippen molar-refractivity contribution in [1.82, 2.24) is 15.1 Å². The smallest absolute Gasteiger partial charge is 0.328 e. The topological polar surface area (TPSA) is 148 Å². The normalized spacial score (nSPS) is 16.4. The first-order chi connectivity index (χ1) is 26.0. The van der Waals surface area contributed by atoms with E-state index in [4.69, 9.17) is 18.9 Å². The number of nitrogens with one attached hydrogen (secondary N) is 3. The third kappa shape index (κ3) is 10.1. The Labute approximate surface area is 324 Å². The molecule has 1 heterocycles. The van der Waals surface area contributed by atoms with E-state index in [1.165, 1.54) is 12.0 Å². The summed E-state index contributed by atoms with van der Waals surface area (Å²) in [7, 11) is 4.62. The van der Waals surface area contributed by atoms with Crippen molar-refractivity contribution in [3.63, 3.8) is 0 Å². The largest absolute Gasteiger partial charge is 0.495 e. The summed E-state index contributed by atoms with van der Waals surface area (Å²) in [5.74, 6) is 1.19. The van der Waals surface area contributed by atoms with Crippen LogP contribution in [0, 0.1) is 12.8 Å². The maximum atomic E-state index is 14.4. The summed E-state index contributed by atoms with van der Waals surface area (Å²) < 4.78 is 22.3. The summed E-state index contributed by atoms with van der Waals surface area (Å²) >= 11 is 0. The summed E-state index contributed by atoms with van der Waals surface area (Å²) in [6.45, 7) is 11.3. The molecule has 13 heteroatoms. The molecule has 2 atom stereocenters. The molecule has 55 heavy (non-hydrogen) atoms. The van der Waals surface area contributed by atoms with E-state index in [-0.39, 0.29) is 31.4 Å². The van der Waals surface area contributed by atoms with E-state index in [2.05, 4.69) is 16.0 Å².